The zero-order valence-corrected chi connectivity index (χ0v) is 14.0. The van der Waals surface area contributed by atoms with Crippen molar-refractivity contribution >= 4 is 5.91 Å². The van der Waals surface area contributed by atoms with E-state index in [9.17, 15) is 4.79 Å². The normalized spacial score (nSPS) is 10.3. The molecule has 0 saturated heterocycles. The van der Waals surface area contributed by atoms with Gasteiger partial charge in [-0.1, -0.05) is 41.6 Å². The van der Waals surface area contributed by atoms with Gasteiger partial charge in [0.1, 0.15) is 5.69 Å². The highest BCUT2D eigenvalue weighted by Crippen LogP contribution is 2.30. The van der Waals surface area contributed by atoms with Gasteiger partial charge in [-0.2, -0.15) is 0 Å². The largest absolute Gasteiger partial charge is 0.493 e. The van der Waals surface area contributed by atoms with Crippen molar-refractivity contribution in [3.05, 3.63) is 65.9 Å². The van der Waals surface area contributed by atoms with Gasteiger partial charge in [0.2, 0.25) is 0 Å². The van der Waals surface area contributed by atoms with Gasteiger partial charge in [0.15, 0.2) is 17.3 Å². The van der Waals surface area contributed by atoms with E-state index in [0.717, 1.165) is 5.56 Å². The molecule has 1 amide bonds. The molecule has 6 heteroatoms. The number of hydrogen-bond donors (Lipinski definition) is 1. The Hall–Kier alpha value is -3.28. The number of para-hydroxylation sites is 1. The van der Waals surface area contributed by atoms with Gasteiger partial charge in [0.05, 0.1) is 26.3 Å². The summed E-state index contributed by atoms with van der Waals surface area (Å²) in [6, 6.07) is 16.6. The molecule has 0 atom stereocenters. The van der Waals surface area contributed by atoms with E-state index in [2.05, 4.69) is 10.5 Å². The molecule has 0 aliphatic rings. The molecule has 3 aromatic rings. The topological polar surface area (TPSA) is 73.6 Å². The molecule has 1 N–H and O–H groups in total. The van der Waals surface area contributed by atoms with Gasteiger partial charge in [-0.3, -0.25) is 4.79 Å². The molecular weight excluding hydrogens is 320 g/mol. The maximum Gasteiger partial charge on any atom is 0.255 e. The number of amides is 1. The van der Waals surface area contributed by atoms with E-state index in [0.29, 0.717) is 28.5 Å². The molecule has 0 fully saturated rings. The fourth-order valence-electron chi connectivity index (χ4n) is 2.47. The van der Waals surface area contributed by atoms with E-state index in [4.69, 9.17) is 14.0 Å². The molecule has 0 saturated carbocycles. The summed E-state index contributed by atoms with van der Waals surface area (Å²) >= 11 is 0. The maximum atomic E-state index is 12.4. The van der Waals surface area contributed by atoms with Gasteiger partial charge in [-0.05, 0) is 12.1 Å². The predicted molar refractivity (Wildman–Crippen MR) is 92.7 cm³/mol. The minimum atomic E-state index is -0.278. The third-order valence-corrected chi connectivity index (χ3v) is 3.69. The average molecular weight is 338 g/mol. The Kier molecular flexibility index (Phi) is 4.99. The second-order valence-electron chi connectivity index (χ2n) is 5.27. The molecule has 0 aliphatic carbocycles. The smallest absolute Gasteiger partial charge is 0.255 e. The third kappa shape index (κ3) is 3.63. The van der Waals surface area contributed by atoms with Crippen LogP contribution in [-0.4, -0.2) is 25.3 Å². The fourth-order valence-corrected chi connectivity index (χ4v) is 2.47. The third-order valence-electron chi connectivity index (χ3n) is 3.69. The van der Waals surface area contributed by atoms with Crippen LogP contribution in [0.4, 0.5) is 0 Å². The number of ether oxygens (including phenoxy) is 2. The zero-order valence-electron chi connectivity index (χ0n) is 14.0. The number of benzene rings is 2. The van der Waals surface area contributed by atoms with Crippen molar-refractivity contribution in [1.29, 1.82) is 0 Å². The van der Waals surface area contributed by atoms with E-state index in [1.54, 1.807) is 24.3 Å². The van der Waals surface area contributed by atoms with Crippen LogP contribution in [0.1, 0.15) is 16.1 Å². The Morgan fingerprint density at radius 2 is 1.88 bits per heavy atom. The van der Waals surface area contributed by atoms with Crippen molar-refractivity contribution in [3.8, 4) is 22.8 Å². The van der Waals surface area contributed by atoms with E-state index in [1.807, 2.05) is 30.3 Å². The van der Waals surface area contributed by atoms with Crippen LogP contribution in [0.15, 0.2) is 59.1 Å². The molecule has 128 valence electrons. The second-order valence-corrected chi connectivity index (χ2v) is 5.27. The minimum absolute atomic E-state index is 0.246. The highest BCUT2D eigenvalue weighted by molar-refractivity contribution is 5.97. The van der Waals surface area contributed by atoms with Gasteiger partial charge in [-0.15, -0.1) is 0 Å². The Morgan fingerprint density at radius 1 is 1.08 bits per heavy atom. The Bertz CT molecular complexity index is 859. The van der Waals surface area contributed by atoms with Crippen molar-refractivity contribution < 1.29 is 18.8 Å². The Labute approximate surface area is 145 Å². The van der Waals surface area contributed by atoms with E-state index >= 15 is 0 Å². The molecule has 25 heavy (non-hydrogen) atoms. The summed E-state index contributed by atoms with van der Waals surface area (Å²) in [5.41, 5.74) is 1.96. The number of rotatable bonds is 6. The van der Waals surface area contributed by atoms with Crippen LogP contribution >= 0.6 is 0 Å². The van der Waals surface area contributed by atoms with Crippen LogP contribution in [0.3, 0.4) is 0 Å². The van der Waals surface area contributed by atoms with E-state index in [1.165, 1.54) is 14.2 Å². The highest BCUT2D eigenvalue weighted by atomic mass is 16.5. The molecule has 0 radical (unpaired) electrons. The number of methoxy groups -OCH3 is 2. The summed E-state index contributed by atoms with van der Waals surface area (Å²) < 4.78 is 15.8. The zero-order chi connectivity index (χ0) is 17.6. The van der Waals surface area contributed by atoms with Crippen LogP contribution < -0.4 is 14.8 Å². The summed E-state index contributed by atoms with van der Waals surface area (Å²) in [5.74, 6) is 1.28. The number of hydrogen-bond acceptors (Lipinski definition) is 5. The Morgan fingerprint density at radius 3 is 2.60 bits per heavy atom. The van der Waals surface area contributed by atoms with Crippen molar-refractivity contribution in [3.63, 3.8) is 0 Å². The van der Waals surface area contributed by atoms with E-state index in [-0.39, 0.29) is 12.5 Å². The molecule has 0 bridgehead atoms. The Balaban J connectivity index is 1.70. The molecular formula is C19H18N2O4. The van der Waals surface area contributed by atoms with E-state index < -0.39 is 0 Å². The first kappa shape index (κ1) is 16.6. The summed E-state index contributed by atoms with van der Waals surface area (Å²) in [4.78, 5) is 12.4. The summed E-state index contributed by atoms with van der Waals surface area (Å²) in [5, 5.41) is 6.80. The molecule has 0 unspecified atom stereocenters. The van der Waals surface area contributed by atoms with Crippen LogP contribution in [0.25, 0.3) is 11.3 Å². The highest BCUT2D eigenvalue weighted by Gasteiger charge is 2.16. The van der Waals surface area contributed by atoms with Crippen LogP contribution in [0.2, 0.25) is 0 Å². The van der Waals surface area contributed by atoms with Crippen molar-refractivity contribution in [1.82, 2.24) is 10.5 Å². The fraction of sp³-hybridized carbons (Fsp3) is 0.158. The maximum absolute atomic E-state index is 12.4. The first-order valence-electron chi connectivity index (χ1n) is 7.73. The number of nitrogens with one attached hydrogen (secondary N) is 1. The first-order valence-corrected chi connectivity index (χ1v) is 7.73. The van der Waals surface area contributed by atoms with Gasteiger partial charge in [0, 0.05) is 11.6 Å². The van der Waals surface area contributed by atoms with Crippen LogP contribution in [0.5, 0.6) is 11.5 Å². The molecule has 3 rings (SSSR count). The van der Waals surface area contributed by atoms with Crippen molar-refractivity contribution in [2.24, 2.45) is 0 Å². The number of carbonyl (C=O) groups excluding carboxylic acids is 1. The van der Waals surface area contributed by atoms with Crippen molar-refractivity contribution in [2.75, 3.05) is 14.2 Å². The number of carbonyl (C=O) groups is 1. The van der Waals surface area contributed by atoms with Gasteiger partial charge in [0.25, 0.3) is 5.91 Å². The minimum Gasteiger partial charge on any atom is -0.493 e. The first-order chi connectivity index (χ1) is 12.2. The predicted octanol–water partition coefficient (Wildman–Crippen LogP) is 3.29. The lowest BCUT2D eigenvalue weighted by Crippen LogP contribution is -2.23. The monoisotopic (exact) mass is 338 g/mol. The van der Waals surface area contributed by atoms with Gasteiger partial charge < -0.3 is 19.3 Å². The summed E-state index contributed by atoms with van der Waals surface area (Å²) in [7, 11) is 3.03. The quantitative estimate of drug-likeness (QED) is 0.746. The molecule has 0 spiro atoms. The van der Waals surface area contributed by atoms with Crippen LogP contribution in [0, 0.1) is 0 Å². The molecule has 2 aromatic carbocycles. The van der Waals surface area contributed by atoms with Crippen molar-refractivity contribution in [2.45, 2.75) is 6.54 Å². The standard InChI is InChI=1S/C19H18N2O4/c1-23-16-10-6-9-15(18(16)24-2)19(22)20-12-14-11-17(25-21-14)13-7-4-3-5-8-13/h3-11H,12H2,1-2H3,(H,20,22). The molecule has 6 nitrogen and oxygen atoms in total. The SMILES string of the molecule is COc1cccc(C(=O)NCc2cc(-c3ccccc3)on2)c1OC. The lowest BCUT2D eigenvalue weighted by Gasteiger charge is -2.12. The molecule has 1 aromatic heterocycles. The second kappa shape index (κ2) is 7.53. The average Bonchev–Trinajstić information content (AvgIpc) is 3.15. The molecule has 1 heterocycles. The summed E-state index contributed by atoms with van der Waals surface area (Å²) in [6.07, 6.45) is 0. The van der Waals surface area contributed by atoms with Gasteiger partial charge >= 0.3 is 0 Å². The lowest BCUT2D eigenvalue weighted by molar-refractivity contribution is 0.0946. The summed E-state index contributed by atoms with van der Waals surface area (Å²) in [6.45, 7) is 0.246. The van der Waals surface area contributed by atoms with Gasteiger partial charge in [-0.25, -0.2) is 0 Å². The molecule has 0 aliphatic heterocycles. The number of aromatic nitrogens is 1. The van der Waals surface area contributed by atoms with Crippen LogP contribution in [-0.2, 0) is 6.54 Å². The lowest BCUT2D eigenvalue weighted by atomic mass is 10.1. The number of nitrogens with zero attached hydrogens (tertiary/aromatic N) is 1.